The summed E-state index contributed by atoms with van der Waals surface area (Å²) < 4.78 is 17.9. The van der Waals surface area contributed by atoms with Gasteiger partial charge in [-0.15, -0.1) is 0 Å². The minimum atomic E-state index is -3.32. The van der Waals surface area contributed by atoms with Gasteiger partial charge in [0.2, 0.25) is 0 Å². The predicted molar refractivity (Wildman–Crippen MR) is 189 cm³/mol. The van der Waals surface area contributed by atoms with Gasteiger partial charge >= 0.3 is 266 Å². The van der Waals surface area contributed by atoms with E-state index in [1.54, 1.807) is 0 Å². The molecule has 0 bridgehead atoms. The average molecular weight is 722 g/mol. The monoisotopic (exact) mass is 722 g/mol. The molecule has 0 fully saturated rings. The van der Waals surface area contributed by atoms with Gasteiger partial charge in [0.25, 0.3) is 0 Å². The molecule has 1 aliphatic carbocycles. The molecule has 0 aromatic heterocycles. The molecule has 0 amide bonds. The van der Waals surface area contributed by atoms with Crippen LogP contribution < -0.4 is 9.16 Å². The van der Waals surface area contributed by atoms with Gasteiger partial charge in [0.1, 0.15) is 0 Å². The Morgan fingerprint density at radius 2 is 1.31 bits per heavy atom. The Balaban J connectivity index is 3.08. The molecule has 0 heterocycles. The number of hydrogen-bond donors (Lipinski definition) is 0. The van der Waals surface area contributed by atoms with Crippen LogP contribution in [0, 0.1) is 6.92 Å². The van der Waals surface area contributed by atoms with Gasteiger partial charge in [-0.25, -0.2) is 0 Å². The third kappa shape index (κ3) is 8.04. The van der Waals surface area contributed by atoms with Crippen LogP contribution in [0.5, 0.6) is 11.5 Å². The number of carbonyl (C=O) groups is 2. The number of fused-ring (bicyclic) bond motifs is 1. The van der Waals surface area contributed by atoms with Crippen LogP contribution in [0.4, 0.5) is 0 Å². The fraction of sp³-hybridized carbons (Fsp3) is 0.714. The van der Waals surface area contributed by atoms with Gasteiger partial charge in [-0.1, -0.05) is 0 Å². The predicted octanol–water partition coefficient (Wildman–Crippen LogP) is 11.1. The molecule has 0 saturated carbocycles. The first-order chi connectivity index (χ1) is 19.3. The van der Waals surface area contributed by atoms with Gasteiger partial charge in [0.05, 0.1) is 0 Å². The summed E-state index contributed by atoms with van der Waals surface area (Å²) in [6.07, 6.45) is 6.77. The fourth-order valence-electron chi connectivity index (χ4n) is 6.05. The zero-order valence-electron chi connectivity index (χ0n) is 29.7. The van der Waals surface area contributed by atoms with Gasteiger partial charge in [-0.05, 0) is 0 Å². The van der Waals surface area contributed by atoms with Crippen LogP contribution in [0.15, 0.2) is 14.9 Å². The van der Waals surface area contributed by atoms with E-state index in [1.165, 1.54) is 0 Å². The van der Waals surface area contributed by atoms with Crippen molar-refractivity contribution < 1.29 is 18.8 Å². The van der Waals surface area contributed by atoms with Gasteiger partial charge < -0.3 is 0 Å². The molecule has 0 radical (unpaired) electrons. The van der Waals surface area contributed by atoms with Crippen molar-refractivity contribution in [2.24, 2.45) is 0 Å². The van der Waals surface area contributed by atoms with E-state index >= 15 is 9.59 Å². The SMILES string of the molecule is CCC[CH2][Sn]([CH2]CCC)([CH2]CCC)[C]1=C([Si](C)(C)C)C(=O)c2c(cc(OC(C)C)c(C)c2O[Si](C)(C)C(C)(C)C)C1=O. The van der Waals surface area contributed by atoms with Crippen molar-refractivity contribution in [1.82, 2.24) is 0 Å². The Labute approximate surface area is 264 Å². The van der Waals surface area contributed by atoms with Crippen LogP contribution in [0.1, 0.15) is 120 Å². The van der Waals surface area contributed by atoms with Crippen molar-refractivity contribution in [2.45, 2.75) is 158 Å². The number of carbonyl (C=O) groups excluding carboxylic acids is 2. The maximum absolute atomic E-state index is 15.2. The standard InChI is InChI=1S/C23H35O4Si2.3C4H9.Sn/c1-14(2)26-18-12-16-17(24)13-19(28(7,8)9)21(25)20(16)22(15(18)3)27-29(10,11)23(4,5)6;3*1-3-4-2;/h12,14H,1-11H3;3*1,3-4H2,2H3;. The number of Topliss-reactive ketones (excluding diaryl/α,β-unsaturated/α-hetero) is 2. The Hall–Kier alpha value is -0.868. The topological polar surface area (TPSA) is 52.6 Å². The van der Waals surface area contributed by atoms with Crippen molar-refractivity contribution in [3.8, 4) is 11.5 Å². The van der Waals surface area contributed by atoms with E-state index in [0.29, 0.717) is 22.6 Å². The van der Waals surface area contributed by atoms with Crippen molar-refractivity contribution in [1.29, 1.82) is 0 Å². The Morgan fingerprint density at radius 1 is 0.833 bits per heavy atom. The Bertz CT molecular complexity index is 1150. The molecule has 1 aliphatic rings. The fourth-order valence-corrected chi connectivity index (χ4v) is 30.5. The van der Waals surface area contributed by atoms with E-state index in [-0.39, 0.29) is 22.7 Å². The second-order valence-corrected chi connectivity index (χ2v) is 38.3. The summed E-state index contributed by atoms with van der Waals surface area (Å²) in [5.41, 5.74) is 1.89. The van der Waals surface area contributed by atoms with Gasteiger partial charge in [0, 0.05) is 0 Å². The Morgan fingerprint density at radius 3 is 1.69 bits per heavy atom. The van der Waals surface area contributed by atoms with Crippen molar-refractivity contribution >= 4 is 46.3 Å². The summed E-state index contributed by atoms with van der Waals surface area (Å²) in [4.78, 5) is 30.3. The number of unbranched alkanes of at least 4 members (excludes halogenated alkanes) is 3. The molecule has 7 heteroatoms. The minimum absolute atomic E-state index is 0.0543. The summed E-state index contributed by atoms with van der Waals surface area (Å²) in [5.74, 6) is 1.48. The third-order valence-electron chi connectivity index (χ3n) is 9.49. The van der Waals surface area contributed by atoms with Crippen molar-refractivity contribution in [3.63, 3.8) is 0 Å². The molecule has 0 unspecified atom stereocenters. The first kappa shape index (κ1) is 37.3. The summed E-state index contributed by atoms with van der Waals surface area (Å²) in [6.45, 7) is 30.7. The molecule has 42 heavy (non-hydrogen) atoms. The van der Waals surface area contributed by atoms with Crippen LogP contribution >= 0.6 is 0 Å². The van der Waals surface area contributed by atoms with E-state index in [2.05, 4.69) is 74.3 Å². The zero-order valence-corrected chi connectivity index (χ0v) is 34.5. The van der Waals surface area contributed by atoms with Crippen LogP contribution in [0.3, 0.4) is 0 Å². The summed E-state index contributed by atoms with van der Waals surface area (Å²) in [6, 6.07) is 1.90. The summed E-state index contributed by atoms with van der Waals surface area (Å²) in [5, 5.41) is 0.869. The number of benzene rings is 1. The van der Waals surface area contributed by atoms with E-state index in [1.807, 2.05) is 26.8 Å². The molecule has 0 spiro atoms. The van der Waals surface area contributed by atoms with E-state index in [9.17, 15) is 0 Å². The quantitative estimate of drug-likeness (QED) is 0.169. The molecule has 0 atom stereocenters. The molecule has 2 rings (SSSR count). The molecular weight excluding hydrogens is 659 g/mol. The first-order valence-electron chi connectivity index (χ1n) is 16.7. The van der Waals surface area contributed by atoms with Gasteiger partial charge in [0.15, 0.2) is 0 Å². The van der Waals surface area contributed by atoms with Crippen LogP contribution in [-0.2, 0) is 0 Å². The zero-order chi connectivity index (χ0) is 32.3. The third-order valence-corrected chi connectivity index (χ3v) is 32.1. The van der Waals surface area contributed by atoms with E-state index in [0.717, 1.165) is 66.2 Å². The number of ether oxygens (including phenoxy) is 1. The molecule has 0 N–H and O–H groups in total. The van der Waals surface area contributed by atoms with E-state index in [4.69, 9.17) is 9.16 Å². The number of ketones is 2. The second-order valence-electron chi connectivity index (χ2n) is 15.5. The molecular formula is C35H62O4Si2Sn. The maximum atomic E-state index is 15.2. The molecule has 4 nitrogen and oxygen atoms in total. The molecule has 1 aromatic rings. The molecule has 1 aromatic carbocycles. The summed E-state index contributed by atoms with van der Waals surface area (Å²) in [7, 11) is -4.55. The van der Waals surface area contributed by atoms with E-state index < -0.39 is 34.8 Å². The van der Waals surface area contributed by atoms with Gasteiger partial charge in [-0.3, -0.25) is 0 Å². The van der Waals surface area contributed by atoms with Crippen LogP contribution in [0.2, 0.25) is 51.1 Å². The normalized spacial score (nSPS) is 15.0. The number of allylic oxidation sites excluding steroid dienone is 2. The molecule has 0 aliphatic heterocycles. The van der Waals surface area contributed by atoms with Crippen LogP contribution in [-0.4, -0.2) is 52.4 Å². The van der Waals surface area contributed by atoms with Crippen molar-refractivity contribution in [2.75, 3.05) is 0 Å². The number of rotatable bonds is 15. The number of hydrogen-bond acceptors (Lipinski definition) is 4. The van der Waals surface area contributed by atoms with Crippen LogP contribution in [0.25, 0.3) is 0 Å². The molecule has 0 saturated heterocycles. The Kier molecular flexibility index (Phi) is 12.9. The van der Waals surface area contributed by atoms with Crippen molar-refractivity contribution in [3.05, 3.63) is 31.5 Å². The average Bonchev–Trinajstić information content (AvgIpc) is 2.86. The van der Waals surface area contributed by atoms with Gasteiger partial charge in [-0.2, -0.15) is 0 Å². The first-order valence-corrected chi connectivity index (χ1v) is 30.6. The second kappa shape index (κ2) is 14.5. The molecule has 238 valence electrons. The summed E-state index contributed by atoms with van der Waals surface area (Å²) >= 11 is -3.32.